The third kappa shape index (κ3) is 2.03. The van der Waals surface area contributed by atoms with E-state index in [9.17, 15) is 9.50 Å². The summed E-state index contributed by atoms with van der Waals surface area (Å²) in [5, 5.41) is 9.80. The molecule has 1 aliphatic heterocycles. The van der Waals surface area contributed by atoms with E-state index in [0.29, 0.717) is 24.1 Å². The molecule has 3 atom stereocenters. The predicted molar refractivity (Wildman–Crippen MR) is 78.9 cm³/mol. The molecular formula is C17H24FNO. The van der Waals surface area contributed by atoms with Crippen molar-refractivity contribution < 1.29 is 9.50 Å². The Labute approximate surface area is 120 Å². The molecule has 3 heteroatoms. The van der Waals surface area contributed by atoms with Gasteiger partial charge in [0.15, 0.2) is 0 Å². The Morgan fingerprint density at radius 3 is 3.00 bits per heavy atom. The van der Waals surface area contributed by atoms with Crippen LogP contribution in [0.15, 0.2) is 18.2 Å². The van der Waals surface area contributed by atoms with E-state index in [1.54, 1.807) is 6.07 Å². The van der Waals surface area contributed by atoms with E-state index in [4.69, 9.17) is 0 Å². The summed E-state index contributed by atoms with van der Waals surface area (Å²) < 4.78 is 12.5. The first-order valence-electron chi connectivity index (χ1n) is 7.68. The molecule has 2 aliphatic rings. The van der Waals surface area contributed by atoms with Crippen LogP contribution in [0.3, 0.4) is 0 Å². The molecule has 1 fully saturated rings. The Balaban J connectivity index is 1.95. The monoisotopic (exact) mass is 277 g/mol. The zero-order valence-corrected chi connectivity index (χ0v) is 12.4. The van der Waals surface area contributed by atoms with Gasteiger partial charge in [0.25, 0.3) is 0 Å². The van der Waals surface area contributed by atoms with Crippen LogP contribution < -0.4 is 0 Å². The maximum atomic E-state index is 12.5. The average Bonchev–Trinajstić information content (AvgIpc) is 2.43. The first-order chi connectivity index (χ1) is 9.56. The van der Waals surface area contributed by atoms with Gasteiger partial charge in [0.1, 0.15) is 5.75 Å². The van der Waals surface area contributed by atoms with E-state index in [1.807, 2.05) is 6.07 Å². The number of aromatic hydroxyl groups is 1. The number of likely N-dealkylation sites (tertiary alicyclic amines) is 1. The topological polar surface area (TPSA) is 23.5 Å². The van der Waals surface area contributed by atoms with Gasteiger partial charge in [0, 0.05) is 12.6 Å². The summed E-state index contributed by atoms with van der Waals surface area (Å²) in [6, 6.07) is 6.33. The highest BCUT2D eigenvalue weighted by molar-refractivity contribution is 5.44. The van der Waals surface area contributed by atoms with Gasteiger partial charge in [-0.2, -0.15) is 0 Å². The Kier molecular flexibility index (Phi) is 3.49. The number of alkyl halides is 1. The number of nitrogens with zero attached hydrogens (tertiary/aromatic N) is 1. The molecule has 2 bridgehead atoms. The molecular weight excluding hydrogens is 253 g/mol. The number of phenolic OH excluding ortho intramolecular Hbond substituents is 1. The molecule has 110 valence electrons. The van der Waals surface area contributed by atoms with Crippen molar-refractivity contribution >= 4 is 0 Å². The lowest BCUT2D eigenvalue weighted by molar-refractivity contribution is 0.0296. The zero-order chi connectivity index (χ0) is 14.3. The summed E-state index contributed by atoms with van der Waals surface area (Å²) in [5.74, 6) is 0.917. The summed E-state index contributed by atoms with van der Waals surface area (Å²) in [5.41, 5.74) is 2.83. The molecule has 20 heavy (non-hydrogen) atoms. The molecule has 0 amide bonds. The summed E-state index contributed by atoms with van der Waals surface area (Å²) in [4.78, 5) is 2.47. The Morgan fingerprint density at radius 2 is 2.25 bits per heavy atom. The number of phenols is 1. The van der Waals surface area contributed by atoms with E-state index in [1.165, 1.54) is 11.1 Å². The van der Waals surface area contributed by atoms with Crippen molar-refractivity contribution in [3.05, 3.63) is 29.3 Å². The zero-order valence-electron chi connectivity index (χ0n) is 12.4. The maximum absolute atomic E-state index is 12.5. The highest BCUT2D eigenvalue weighted by Crippen LogP contribution is 2.49. The molecule has 0 saturated carbocycles. The molecule has 1 aromatic carbocycles. The highest BCUT2D eigenvalue weighted by Gasteiger charge is 2.48. The van der Waals surface area contributed by atoms with Crippen molar-refractivity contribution in [2.45, 2.75) is 44.6 Å². The van der Waals surface area contributed by atoms with Crippen molar-refractivity contribution in [3.8, 4) is 5.75 Å². The van der Waals surface area contributed by atoms with Crippen molar-refractivity contribution in [2.75, 3.05) is 19.8 Å². The Morgan fingerprint density at radius 1 is 1.45 bits per heavy atom. The van der Waals surface area contributed by atoms with Gasteiger partial charge in [-0.25, -0.2) is 0 Å². The summed E-state index contributed by atoms with van der Waals surface area (Å²) in [7, 11) is 0. The second kappa shape index (κ2) is 5.03. The van der Waals surface area contributed by atoms with Crippen LogP contribution in [-0.4, -0.2) is 35.8 Å². The highest BCUT2D eigenvalue weighted by atomic mass is 19.1. The number of piperidine rings is 1. The molecule has 0 radical (unpaired) electrons. The van der Waals surface area contributed by atoms with Crippen LogP contribution >= 0.6 is 0 Å². The molecule has 2 nitrogen and oxygen atoms in total. The molecule has 1 aromatic rings. The largest absolute Gasteiger partial charge is 0.508 e. The fraction of sp³-hybridized carbons (Fsp3) is 0.647. The minimum atomic E-state index is -0.223. The van der Waals surface area contributed by atoms with E-state index in [2.05, 4.69) is 24.8 Å². The lowest BCUT2D eigenvalue weighted by Crippen LogP contribution is -2.58. The number of benzene rings is 1. The minimum absolute atomic E-state index is 0.142. The second-order valence-electron chi connectivity index (χ2n) is 6.65. The maximum Gasteiger partial charge on any atom is 0.115 e. The van der Waals surface area contributed by atoms with Crippen LogP contribution in [0, 0.1) is 5.92 Å². The minimum Gasteiger partial charge on any atom is -0.508 e. The van der Waals surface area contributed by atoms with Crippen LogP contribution in [0.2, 0.25) is 0 Å². The summed E-state index contributed by atoms with van der Waals surface area (Å²) >= 11 is 0. The van der Waals surface area contributed by atoms with E-state index in [-0.39, 0.29) is 12.1 Å². The fourth-order valence-corrected chi connectivity index (χ4v) is 4.24. The predicted octanol–water partition coefficient (Wildman–Crippen LogP) is 3.28. The van der Waals surface area contributed by atoms with Gasteiger partial charge in [-0.15, -0.1) is 0 Å². The van der Waals surface area contributed by atoms with Crippen LogP contribution in [0.1, 0.15) is 37.8 Å². The lowest BCUT2D eigenvalue weighted by Gasteiger charge is -2.54. The van der Waals surface area contributed by atoms with Gasteiger partial charge in [0.2, 0.25) is 0 Å². The third-order valence-corrected chi connectivity index (χ3v) is 5.69. The Hall–Kier alpha value is -1.09. The fourth-order valence-electron chi connectivity index (χ4n) is 4.24. The van der Waals surface area contributed by atoms with Crippen molar-refractivity contribution in [1.29, 1.82) is 0 Å². The van der Waals surface area contributed by atoms with Gasteiger partial charge in [-0.1, -0.05) is 19.9 Å². The standard InChI is InChI=1S/C17H24FNO/c1-12-16-10-13-4-5-14(20)11-15(13)17(12,2)6-9-19(16)8-3-7-18/h4-5,11-12,16,20H,3,6-10H2,1-2H3/t12?,16-,17-/m0/s1. The third-order valence-electron chi connectivity index (χ3n) is 5.69. The first kappa shape index (κ1) is 13.9. The summed E-state index contributed by atoms with van der Waals surface area (Å²) in [6.07, 6.45) is 2.76. The van der Waals surface area contributed by atoms with Crippen LogP contribution in [-0.2, 0) is 11.8 Å². The molecule has 3 rings (SSSR count). The van der Waals surface area contributed by atoms with Crippen LogP contribution in [0.4, 0.5) is 4.39 Å². The van der Waals surface area contributed by atoms with Gasteiger partial charge in [0.05, 0.1) is 6.67 Å². The average molecular weight is 277 g/mol. The first-order valence-corrected chi connectivity index (χ1v) is 7.68. The second-order valence-corrected chi connectivity index (χ2v) is 6.65. The van der Waals surface area contributed by atoms with Crippen molar-refractivity contribution in [3.63, 3.8) is 0 Å². The van der Waals surface area contributed by atoms with Crippen molar-refractivity contribution in [2.24, 2.45) is 5.92 Å². The molecule has 0 aromatic heterocycles. The van der Waals surface area contributed by atoms with E-state index < -0.39 is 0 Å². The number of rotatable bonds is 3. The molecule has 0 spiro atoms. The molecule has 1 heterocycles. The van der Waals surface area contributed by atoms with Gasteiger partial charge < -0.3 is 5.11 Å². The van der Waals surface area contributed by atoms with Gasteiger partial charge in [-0.3, -0.25) is 9.29 Å². The number of halogens is 1. The lowest BCUT2D eigenvalue weighted by atomic mass is 9.59. The van der Waals surface area contributed by atoms with Gasteiger partial charge >= 0.3 is 0 Å². The smallest absolute Gasteiger partial charge is 0.115 e. The van der Waals surface area contributed by atoms with Crippen LogP contribution in [0.5, 0.6) is 5.75 Å². The molecule has 1 saturated heterocycles. The molecule has 1 aliphatic carbocycles. The molecule has 1 N–H and O–H groups in total. The number of fused-ring (bicyclic) bond motifs is 4. The van der Waals surface area contributed by atoms with Crippen molar-refractivity contribution in [1.82, 2.24) is 4.90 Å². The Bertz CT molecular complexity index is 504. The van der Waals surface area contributed by atoms with E-state index in [0.717, 1.165) is 25.9 Å². The number of hydrogen-bond acceptors (Lipinski definition) is 2. The van der Waals surface area contributed by atoms with Gasteiger partial charge in [-0.05, 0) is 60.4 Å². The van der Waals surface area contributed by atoms with Crippen LogP contribution in [0.25, 0.3) is 0 Å². The van der Waals surface area contributed by atoms with E-state index >= 15 is 0 Å². The number of hydrogen-bond donors (Lipinski definition) is 1. The quantitative estimate of drug-likeness (QED) is 0.916. The normalized spacial score (nSPS) is 33.0. The molecule has 1 unspecified atom stereocenters. The summed E-state index contributed by atoms with van der Waals surface area (Å²) in [6.45, 7) is 6.34. The SMILES string of the molecule is CC1[C@@H]2Cc3ccc(O)cc3[C@@]1(C)CCN2CCCF.